The molecule has 208 valence electrons. The second-order valence-corrected chi connectivity index (χ2v) is 12.9. The zero-order valence-electron chi connectivity index (χ0n) is 20.3. The Labute approximate surface area is 210 Å². The number of fused-ring (bicyclic) bond motifs is 1. The Kier molecular flexibility index (Phi) is 9.87. The van der Waals surface area contributed by atoms with Gasteiger partial charge in [-0.1, -0.05) is 11.8 Å². The third kappa shape index (κ3) is 7.14. The molecule has 2 fully saturated rings. The molecule has 1 aromatic rings. The lowest BCUT2D eigenvalue weighted by molar-refractivity contribution is -0.0849. The van der Waals surface area contributed by atoms with Crippen molar-refractivity contribution < 1.29 is 54.4 Å². The Morgan fingerprint density at radius 2 is 1.59 bits per heavy atom. The van der Waals surface area contributed by atoms with E-state index < -0.39 is 65.9 Å². The van der Waals surface area contributed by atoms with Crippen molar-refractivity contribution in [3.63, 3.8) is 0 Å². The average molecular weight is 589 g/mol. The standard InChI is InChI=1S/C17H26N3O14P3/c1-18-8-6-7-11-9-20(17(22)19-15(11)21)16-14-13(32-14)12(31-16)10-30-36(24,28-4)34-37(25,29-5)33-35(23,26-2)27-3/h9,12-14,16,18H,8,10H2,1-5H3,(H,19,21,22)/t12-,13?,14+,16-,36?,37?/m1/s1. The van der Waals surface area contributed by atoms with E-state index in [1.165, 1.54) is 6.20 Å². The summed E-state index contributed by atoms with van der Waals surface area (Å²) in [5.74, 6) is 5.38. The van der Waals surface area contributed by atoms with Gasteiger partial charge in [0.25, 0.3) is 5.56 Å². The van der Waals surface area contributed by atoms with Crippen LogP contribution in [-0.2, 0) is 54.4 Å². The Morgan fingerprint density at radius 3 is 2.19 bits per heavy atom. The fourth-order valence-electron chi connectivity index (χ4n) is 3.09. The van der Waals surface area contributed by atoms with Crippen molar-refractivity contribution in [3.8, 4) is 11.8 Å². The van der Waals surface area contributed by atoms with E-state index in [-0.39, 0.29) is 5.56 Å². The molecule has 0 amide bonds. The van der Waals surface area contributed by atoms with Crippen LogP contribution in [-0.4, -0.2) is 76.5 Å². The molecule has 20 heteroatoms. The summed E-state index contributed by atoms with van der Waals surface area (Å²) in [7, 11) is -8.51. The van der Waals surface area contributed by atoms with Gasteiger partial charge >= 0.3 is 29.2 Å². The molecule has 3 rings (SSSR count). The van der Waals surface area contributed by atoms with Crippen molar-refractivity contribution in [2.75, 3.05) is 48.6 Å². The van der Waals surface area contributed by atoms with Crippen molar-refractivity contribution in [3.05, 3.63) is 32.6 Å². The maximum Gasteiger partial charge on any atom is 0.492 e. The molecule has 2 aliphatic rings. The molecule has 2 aliphatic heterocycles. The molecule has 0 radical (unpaired) electrons. The van der Waals surface area contributed by atoms with Crippen molar-refractivity contribution in [2.24, 2.45) is 0 Å². The van der Waals surface area contributed by atoms with Crippen molar-refractivity contribution in [1.29, 1.82) is 0 Å². The highest BCUT2D eigenvalue weighted by Crippen LogP contribution is 2.72. The Hall–Kier alpha value is -1.47. The van der Waals surface area contributed by atoms with E-state index in [1.807, 2.05) is 0 Å². The quantitative estimate of drug-likeness (QED) is 0.185. The van der Waals surface area contributed by atoms with E-state index in [0.717, 1.165) is 33.0 Å². The number of phosphoric ester groups is 2. The summed E-state index contributed by atoms with van der Waals surface area (Å²) in [4.78, 5) is 26.6. The fourth-order valence-corrected chi connectivity index (χ4v) is 7.54. The maximum atomic E-state index is 12.9. The van der Waals surface area contributed by atoms with Crippen molar-refractivity contribution in [2.45, 2.75) is 24.5 Å². The number of rotatable bonds is 13. The minimum absolute atomic E-state index is 0.0346. The third-order valence-corrected chi connectivity index (χ3v) is 10.4. The number of aromatic amines is 1. The first kappa shape index (κ1) is 30.1. The lowest BCUT2D eigenvalue weighted by atomic mass is 10.2. The average Bonchev–Trinajstić information content (AvgIpc) is 3.59. The minimum atomic E-state index is -4.84. The number of phosphoric acid groups is 3. The first-order chi connectivity index (χ1) is 17.5. The largest absolute Gasteiger partial charge is 0.492 e. The van der Waals surface area contributed by atoms with E-state index in [2.05, 4.69) is 40.0 Å². The number of H-pyrrole nitrogens is 1. The number of epoxide rings is 1. The molecule has 0 spiro atoms. The van der Waals surface area contributed by atoms with Crippen molar-refractivity contribution >= 4 is 23.5 Å². The van der Waals surface area contributed by atoms with Crippen LogP contribution in [0.1, 0.15) is 11.8 Å². The van der Waals surface area contributed by atoms with Gasteiger partial charge in [-0.15, -0.1) is 0 Å². The summed E-state index contributed by atoms with van der Waals surface area (Å²) in [6.07, 6.45) is -1.75. The van der Waals surface area contributed by atoms with E-state index in [4.69, 9.17) is 22.8 Å². The highest BCUT2D eigenvalue weighted by Gasteiger charge is 2.60. The van der Waals surface area contributed by atoms with Crippen molar-refractivity contribution in [1.82, 2.24) is 14.9 Å². The van der Waals surface area contributed by atoms with Crippen LogP contribution in [0, 0.1) is 11.8 Å². The normalized spacial score (nSPS) is 26.0. The number of ether oxygens (including phenoxy) is 2. The van der Waals surface area contributed by atoms with Gasteiger partial charge in [0.2, 0.25) is 0 Å². The maximum absolute atomic E-state index is 12.9. The summed E-state index contributed by atoms with van der Waals surface area (Å²) in [5.41, 5.74) is -1.38. The molecule has 37 heavy (non-hydrogen) atoms. The zero-order chi connectivity index (χ0) is 27.4. The van der Waals surface area contributed by atoms with Crippen LogP contribution in [0.25, 0.3) is 0 Å². The number of hydrogen-bond acceptors (Lipinski definition) is 15. The number of hydrogen-bond donors (Lipinski definition) is 2. The van der Waals surface area contributed by atoms with Gasteiger partial charge in [0.05, 0.1) is 13.2 Å². The molecule has 17 nitrogen and oxygen atoms in total. The van der Waals surface area contributed by atoms with Gasteiger partial charge in [-0.3, -0.25) is 37.0 Å². The first-order valence-electron chi connectivity index (χ1n) is 10.4. The van der Waals surface area contributed by atoms with Crippen LogP contribution >= 0.6 is 23.5 Å². The topological polar surface area (TPSA) is 204 Å². The van der Waals surface area contributed by atoms with Crippen LogP contribution < -0.4 is 16.6 Å². The predicted octanol–water partition coefficient (Wildman–Crippen LogP) is 0.732. The molecular formula is C17H26N3O14P3. The molecule has 0 aliphatic carbocycles. The van der Waals surface area contributed by atoms with E-state index >= 15 is 0 Å². The second-order valence-electron chi connectivity index (χ2n) is 7.20. The lowest BCUT2D eigenvalue weighted by Gasteiger charge is -2.24. The fraction of sp³-hybridized carbons (Fsp3) is 0.647. The van der Waals surface area contributed by atoms with Crippen LogP contribution in [0.2, 0.25) is 0 Å². The summed E-state index contributed by atoms with van der Waals surface area (Å²) in [6.45, 7) is -0.158. The number of nitrogens with zero attached hydrogens (tertiary/aromatic N) is 1. The van der Waals surface area contributed by atoms with Gasteiger partial charge in [-0.05, 0) is 7.05 Å². The number of nitrogens with one attached hydrogen (secondary N) is 2. The molecule has 2 saturated heterocycles. The molecule has 0 bridgehead atoms. The Bertz CT molecular complexity index is 1290. The molecule has 0 aromatic carbocycles. The monoisotopic (exact) mass is 589 g/mol. The summed E-state index contributed by atoms with van der Waals surface area (Å²) in [5, 5.41) is 2.81. The van der Waals surface area contributed by atoms with Gasteiger partial charge in [0, 0.05) is 34.6 Å². The molecule has 3 heterocycles. The Balaban J connectivity index is 1.71. The summed E-state index contributed by atoms with van der Waals surface area (Å²) >= 11 is 0. The van der Waals surface area contributed by atoms with Crippen LogP contribution in [0.4, 0.5) is 0 Å². The van der Waals surface area contributed by atoms with Gasteiger partial charge in [0.15, 0.2) is 6.23 Å². The predicted molar refractivity (Wildman–Crippen MR) is 124 cm³/mol. The van der Waals surface area contributed by atoms with E-state index in [9.17, 15) is 23.3 Å². The van der Waals surface area contributed by atoms with Crippen LogP contribution in [0.3, 0.4) is 0 Å². The van der Waals surface area contributed by atoms with E-state index in [1.54, 1.807) is 7.05 Å². The summed E-state index contributed by atoms with van der Waals surface area (Å²) < 4.78 is 83.3. The van der Waals surface area contributed by atoms with Gasteiger partial charge in [-0.2, -0.15) is 8.62 Å². The molecule has 0 saturated carbocycles. The number of aromatic nitrogens is 2. The first-order valence-corrected chi connectivity index (χ1v) is 14.7. The lowest BCUT2D eigenvalue weighted by Crippen LogP contribution is -2.36. The molecular weight excluding hydrogens is 563 g/mol. The smallest absolute Gasteiger partial charge is 0.362 e. The highest BCUT2D eigenvalue weighted by molar-refractivity contribution is 7.67. The second kappa shape index (κ2) is 12.1. The van der Waals surface area contributed by atoms with Gasteiger partial charge in [0.1, 0.15) is 23.9 Å². The molecule has 1 aromatic heterocycles. The van der Waals surface area contributed by atoms with Crippen LogP contribution in [0.15, 0.2) is 15.8 Å². The Morgan fingerprint density at radius 1 is 0.973 bits per heavy atom. The third-order valence-electron chi connectivity index (χ3n) is 4.94. The summed E-state index contributed by atoms with van der Waals surface area (Å²) in [6, 6.07) is 0. The SMILES string of the molecule is CNCC#Cc1cn([C@@H]2O[C@H](COP(=O)(OC)OP(=O)(OC)OP(=O)(OC)OC)C3O[C@@H]32)c(=O)[nH]c1=O. The van der Waals surface area contributed by atoms with E-state index in [0.29, 0.717) is 6.54 Å². The zero-order valence-corrected chi connectivity index (χ0v) is 23.0. The molecule has 3 unspecified atom stereocenters. The minimum Gasteiger partial charge on any atom is -0.362 e. The van der Waals surface area contributed by atoms with Gasteiger partial charge < -0.3 is 14.8 Å². The van der Waals surface area contributed by atoms with Crippen LogP contribution in [0.5, 0.6) is 0 Å². The molecule has 2 N–H and O–H groups in total. The molecule has 6 atom stereocenters. The van der Waals surface area contributed by atoms with Gasteiger partial charge in [-0.25, -0.2) is 18.5 Å². The highest BCUT2D eigenvalue weighted by atomic mass is 31.3.